The van der Waals surface area contributed by atoms with Crippen LogP contribution in [0.3, 0.4) is 0 Å². The van der Waals surface area contributed by atoms with Crippen LogP contribution >= 0.6 is 46.0 Å². The van der Waals surface area contributed by atoms with Gasteiger partial charge in [-0.3, -0.25) is 0 Å². The van der Waals surface area contributed by atoms with Crippen molar-refractivity contribution in [3.63, 3.8) is 0 Å². The van der Waals surface area contributed by atoms with Gasteiger partial charge in [0.1, 0.15) is 11.0 Å². The zero-order valence-corrected chi connectivity index (χ0v) is 12.2. The molecule has 1 fully saturated rings. The molecular weight excluding hydrogens is 343 g/mol. The van der Waals surface area contributed by atoms with Gasteiger partial charge < -0.3 is 0 Å². The Morgan fingerprint density at radius 1 is 1.53 bits per heavy atom. The molecule has 1 atom stereocenters. The largest absolute Gasteiger partial charge is 0.236 e. The van der Waals surface area contributed by atoms with Gasteiger partial charge >= 0.3 is 0 Å². The normalized spacial score (nSPS) is 20.9. The average Bonchev–Trinajstić information content (AvgIpc) is 2.75. The van der Waals surface area contributed by atoms with Crippen molar-refractivity contribution in [2.45, 2.75) is 31.4 Å². The first-order valence-corrected chi connectivity index (χ1v) is 7.56. The van der Waals surface area contributed by atoms with E-state index in [1.165, 1.54) is 18.6 Å². The highest BCUT2D eigenvalue weighted by Crippen LogP contribution is 2.39. The molecule has 0 amide bonds. The van der Waals surface area contributed by atoms with Crippen LogP contribution in [0.1, 0.15) is 36.5 Å². The monoisotopic (exact) mass is 354 g/mol. The van der Waals surface area contributed by atoms with Gasteiger partial charge in [-0.1, -0.05) is 18.5 Å². The lowest BCUT2D eigenvalue weighted by molar-refractivity contribution is 0.763. The van der Waals surface area contributed by atoms with Crippen LogP contribution in [-0.2, 0) is 6.42 Å². The topological polar surface area (TPSA) is 25.8 Å². The van der Waals surface area contributed by atoms with E-state index in [1.807, 2.05) is 11.8 Å². The molecule has 0 N–H and O–H groups in total. The Morgan fingerprint density at radius 2 is 2.33 bits per heavy atom. The molecule has 0 radical (unpaired) electrons. The van der Waals surface area contributed by atoms with Crippen molar-refractivity contribution in [3.05, 3.63) is 20.2 Å². The van der Waals surface area contributed by atoms with E-state index in [4.69, 9.17) is 11.6 Å². The molecule has 1 aromatic heterocycles. The van der Waals surface area contributed by atoms with Gasteiger partial charge in [0.15, 0.2) is 0 Å². The molecule has 15 heavy (non-hydrogen) atoms. The number of aromatic nitrogens is 2. The van der Waals surface area contributed by atoms with Crippen molar-refractivity contribution in [1.29, 1.82) is 0 Å². The number of thioether (sulfide) groups is 1. The molecule has 2 heterocycles. The first-order valence-electron chi connectivity index (χ1n) is 5.05. The number of hydrogen-bond acceptors (Lipinski definition) is 3. The van der Waals surface area contributed by atoms with Gasteiger partial charge in [-0.25, -0.2) is 9.97 Å². The minimum atomic E-state index is 0.463. The summed E-state index contributed by atoms with van der Waals surface area (Å²) in [5.74, 6) is 2.15. The maximum Gasteiger partial charge on any atom is 0.146 e. The molecule has 0 bridgehead atoms. The Labute approximate surface area is 113 Å². The maximum absolute atomic E-state index is 6.11. The Hall–Kier alpha value is 0.450. The Kier molecular flexibility index (Phi) is 4.12. The minimum absolute atomic E-state index is 0.463. The highest BCUT2D eigenvalue weighted by atomic mass is 127. The van der Waals surface area contributed by atoms with Crippen molar-refractivity contribution >= 4 is 46.0 Å². The second-order valence-electron chi connectivity index (χ2n) is 3.49. The van der Waals surface area contributed by atoms with Gasteiger partial charge in [0, 0.05) is 0 Å². The Morgan fingerprint density at radius 3 is 2.93 bits per heavy atom. The molecule has 1 unspecified atom stereocenters. The molecule has 0 saturated carbocycles. The van der Waals surface area contributed by atoms with Gasteiger partial charge in [-0.15, -0.1) is 0 Å². The predicted molar refractivity (Wildman–Crippen MR) is 73.6 cm³/mol. The summed E-state index contributed by atoms with van der Waals surface area (Å²) < 4.78 is 1.00. The molecule has 1 aliphatic rings. The van der Waals surface area contributed by atoms with Crippen molar-refractivity contribution < 1.29 is 0 Å². The second-order valence-corrected chi connectivity index (χ2v) is 6.24. The molecule has 0 aliphatic carbocycles. The zero-order chi connectivity index (χ0) is 10.8. The molecular formula is C10H12ClIN2S. The fourth-order valence-corrected chi connectivity index (χ4v) is 3.66. The van der Waals surface area contributed by atoms with Gasteiger partial charge in [-0.05, 0) is 47.6 Å². The average molecular weight is 355 g/mol. The van der Waals surface area contributed by atoms with Crippen LogP contribution in [0, 0.1) is 3.57 Å². The van der Waals surface area contributed by atoms with E-state index in [-0.39, 0.29) is 0 Å². The summed E-state index contributed by atoms with van der Waals surface area (Å²) in [7, 11) is 0. The van der Waals surface area contributed by atoms with Crippen LogP contribution in [0.5, 0.6) is 0 Å². The van der Waals surface area contributed by atoms with Crippen molar-refractivity contribution in [2.24, 2.45) is 0 Å². The summed E-state index contributed by atoms with van der Waals surface area (Å²) in [4.78, 5) is 9.00. The van der Waals surface area contributed by atoms with Gasteiger partial charge in [0.2, 0.25) is 0 Å². The third-order valence-electron chi connectivity index (χ3n) is 2.45. The van der Waals surface area contributed by atoms with Crippen molar-refractivity contribution in [3.8, 4) is 0 Å². The SMILES string of the molecule is CCc1nc(C2CCCS2)nc(Cl)c1I. The molecule has 0 aromatic carbocycles. The van der Waals surface area contributed by atoms with Gasteiger partial charge in [-0.2, -0.15) is 11.8 Å². The number of nitrogens with zero attached hydrogens (tertiary/aromatic N) is 2. The van der Waals surface area contributed by atoms with Crippen LogP contribution in [0.15, 0.2) is 0 Å². The van der Waals surface area contributed by atoms with Crippen LogP contribution in [0.4, 0.5) is 0 Å². The summed E-state index contributed by atoms with van der Waals surface area (Å²) in [5, 5.41) is 1.08. The molecule has 5 heteroatoms. The lowest BCUT2D eigenvalue weighted by atomic mass is 10.2. The first-order chi connectivity index (χ1) is 7.22. The molecule has 2 rings (SSSR count). The fourth-order valence-electron chi connectivity index (χ4n) is 1.64. The first kappa shape index (κ1) is 11.9. The molecule has 0 spiro atoms. The Balaban J connectivity index is 2.35. The van der Waals surface area contributed by atoms with E-state index in [0.717, 1.165) is 21.5 Å². The number of halogens is 2. The van der Waals surface area contributed by atoms with E-state index < -0.39 is 0 Å². The van der Waals surface area contributed by atoms with E-state index in [2.05, 4.69) is 39.5 Å². The lowest BCUT2D eigenvalue weighted by Crippen LogP contribution is -2.04. The van der Waals surface area contributed by atoms with Crippen molar-refractivity contribution in [2.75, 3.05) is 5.75 Å². The lowest BCUT2D eigenvalue weighted by Gasteiger charge is -2.10. The molecule has 82 valence electrons. The van der Waals surface area contributed by atoms with Crippen LogP contribution < -0.4 is 0 Å². The van der Waals surface area contributed by atoms with Crippen molar-refractivity contribution in [1.82, 2.24) is 9.97 Å². The number of rotatable bonds is 2. The quantitative estimate of drug-likeness (QED) is 0.596. The van der Waals surface area contributed by atoms with E-state index in [1.54, 1.807) is 0 Å². The molecule has 1 aromatic rings. The van der Waals surface area contributed by atoms with Gasteiger partial charge in [0.25, 0.3) is 0 Å². The summed E-state index contributed by atoms with van der Waals surface area (Å²) in [6, 6.07) is 0. The van der Waals surface area contributed by atoms with Crippen LogP contribution in [0.25, 0.3) is 0 Å². The van der Waals surface area contributed by atoms with E-state index in [0.29, 0.717) is 10.4 Å². The molecule has 2 nitrogen and oxygen atoms in total. The molecule has 1 saturated heterocycles. The number of aryl methyl sites for hydroxylation is 1. The fraction of sp³-hybridized carbons (Fsp3) is 0.600. The van der Waals surface area contributed by atoms with E-state index in [9.17, 15) is 0 Å². The Bertz CT molecular complexity index is 367. The maximum atomic E-state index is 6.11. The third-order valence-corrected chi connectivity index (χ3v) is 5.55. The third kappa shape index (κ3) is 2.58. The van der Waals surface area contributed by atoms with Crippen LogP contribution in [0.2, 0.25) is 5.15 Å². The van der Waals surface area contributed by atoms with Gasteiger partial charge in [0.05, 0.1) is 14.5 Å². The molecule has 1 aliphatic heterocycles. The summed E-state index contributed by atoms with van der Waals surface area (Å²) in [6.45, 7) is 2.10. The minimum Gasteiger partial charge on any atom is -0.236 e. The highest BCUT2D eigenvalue weighted by Gasteiger charge is 2.22. The van der Waals surface area contributed by atoms with Crippen LogP contribution in [-0.4, -0.2) is 15.7 Å². The summed E-state index contributed by atoms with van der Waals surface area (Å²) in [6.07, 6.45) is 3.37. The smallest absolute Gasteiger partial charge is 0.146 e. The second kappa shape index (κ2) is 5.19. The summed E-state index contributed by atoms with van der Waals surface area (Å²) >= 11 is 10.3. The summed E-state index contributed by atoms with van der Waals surface area (Å²) in [5.41, 5.74) is 1.08. The highest BCUT2D eigenvalue weighted by molar-refractivity contribution is 14.1. The van der Waals surface area contributed by atoms with E-state index >= 15 is 0 Å². The standard InChI is InChI=1S/C10H12ClIN2S/c1-2-6-8(12)9(11)14-10(13-6)7-4-3-5-15-7/h7H,2-5H2,1H3. The predicted octanol–water partition coefficient (Wildman–Crippen LogP) is 3.87. The zero-order valence-electron chi connectivity index (χ0n) is 8.46. The number of hydrogen-bond donors (Lipinski definition) is 0.